The Morgan fingerprint density at radius 3 is 2.23 bits per heavy atom. The number of amides is 2. The minimum absolute atomic E-state index is 0.0622. The van der Waals surface area contributed by atoms with Gasteiger partial charge in [0.05, 0.1) is 25.5 Å². The van der Waals surface area contributed by atoms with Crippen LogP contribution in [-0.2, 0) is 4.79 Å². The maximum absolute atomic E-state index is 12.9. The number of unbranched alkanes of at least 4 members (excludes halogenated alkanes) is 1. The average molecular weight is 406 g/mol. The number of ether oxygens (including phenoxy) is 2. The molecule has 2 amide bonds. The molecule has 0 unspecified atom stereocenters. The molecule has 30 heavy (non-hydrogen) atoms. The molecule has 0 heterocycles. The highest BCUT2D eigenvalue weighted by atomic mass is 16.5. The fraction of sp³-hybridized carbons (Fsp3) is 0.250. The molecule has 0 aromatic heterocycles. The van der Waals surface area contributed by atoms with Crippen molar-refractivity contribution in [1.82, 2.24) is 0 Å². The van der Waals surface area contributed by atoms with Gasteiger partial charge in [-0.25, -0.2) is 0 Å². The number of hydrogen-bond acceptors (Lipinski definition) is 4. The van der Waals surface area contributed by atoms with Crippen molar-refractivity contribution in [1.29, 1.82) is 0 Å². The Hall–Kier alpha value is -3.54. The molecule has 0 radical (unpaired) electrons. The standard InChI is InChI=1S/C24H26N2O4/c1-4-5-10-23(27)26-20-12-11-18(15-22(20)30-3)25-24(28)19-13-16-8-6-7-9-17(16)14-21(19)29-2/h6-9,11-15H,4-5,10H2,1-3H3,(H,25,28)(H,26,27). The van der Waals surface area contributed by atoms with Crippen molar-refractivity contribution >= 4 is 34.0 Å². The number of hydrogen-bond donors (Lipinski definition) is 2. The van der Waals surface area contributed by atoms with Crippen LogP contribution in [0.3, 0.4) is 0 Å². The third kappa shape index (κ3) is 4.89. The van der Waals surface area contributed by atoms with Gasteiger partial charge in [-0.1, -0.05) is 37.6 Å². The summed E-state index contributed by atoms with van der Waals surface area (Å²) in [4.78, 5) is 24.9. The van der Waals surface area contributed by atoms with E-state index in [4.69, 9.17) is 9.47 Å². The van der Waals surface area contributed by atoms with Crippen LogP contribution in [0.4, 0.5) is 11.4 Å². The van der Waals surface area contributed by atoms with E-state index in [9.17, 15) is 9.59 Å². The van der Waals surface area contributed by atoms with Crippen LogP contribution in [0.1, 0.15) is 36.5 Å². The number of nitrogens with one attached hydrogen (secondary N) is 2. The minimum Gasteiger partial charge on any atom is -0.496 e. The van der Waals surface area contributed by atoms with Gasteiger partial charge in [0.1, 0.15) is 11.5 Å². The molecular weight excluding hydrogens is 380 g/mol. The molecule has 0 aliphatic rings. The van der Waals surface area contributed by atoms with Crippen molar-refractivity contribution in [2.75, 3.05) is 24.9 Å². The summed E-state index contributed by atoms with van der Waals surface area (Å²) in [5.41, 5.74) is 1.56. The van der Waals surface area contributed by atoms with Gasteiger partial charge >= 0.3 is 0 Å². The van der Waals surface area contributed by atoms with Gasteiger partial charge in [0.15, 0.2) is 0 Å². The summed E-state index contributed by atoms with van der Waals surface area (Å²) in [5.74, 6) is 0.619. The lowest BCUT2D eigenvalue weighted by Crippen LogP contribution is -2.14. The molecule has 156 valence electrons. The summed E-state index contributed by atoms with van der Waals surface area (Å²) in [6.07, 6.45) is 2.24. The van der Waals surface area contributed by atoms with E-state index in [-0.39, 0.29) is 11.8 Å². The van der Waals surface area contributed by atoms with Crippen molar-refractivity contribution in [2.24, 2.45) is 0 Å². The molecule has 0 fully saturated rings. The van der Waals surface area contributed by atoms with Gasteiger partial charge in [0.25, 0.3) is 5.91 Å². The lowest BCUT2D eigenvalue weighted by Gasteiger charge is -2.14. The zero-order valence-corrected chi connectivity index (χ0v) is 17.5. The summed E-state index contributed by atoms with van der Waals surface area (Å²) in [5, 5.41) is 7.67. The van der Waals surface area contributed by atoms with Crippen LogP contribution in [0.5, 0.6) is 11.5 Å². The molecule has 3 aromatic rings. The van der Waals surface area contributed by atoms with Crippen LogP contribution in [0.25, 0.3) is 10.8 Å². The van der Waals surface area contributed by atoms with Gasteiger partial charge < -0.3 is 20.1 Å². The second-order valence-electron chi connectivity index (χ2n) is 6.92. The predicted molar refractivity (Wildman–Crippen MR) is 120 cm³/mol. The molecule has 3 aromatic carbocycles. The SMILES string of the molecule is CCCCC(=O)Nc1ccc(NC(=O)c2cc3ccccc3cc2OC)cc1OC. The van der Waals surface area contributed by atoms with Crippen molar-refractivity contribution in [2.45, 2.75) is 26.2 Å². The second kappa shape index (κ2) is 9.78. The molecule has 0 atom stereocenters. The molecule has 0 aliphatic heterocycles. The lowest BCUT2D eigenvalue weighted by molar-refractivity contribution is -0.116. The van der Waals surface area contributed by atoms with E-state index in [1.165, 1.54) is 7.11 Å². The maximum Gasteiger partial charge on any atom is 0.259 e. The molecule has 6 nitrogen and oxygen atoms in total. The fourth-order valence-electron chi connectivity index (χ4n) is 3.19. The summed E-state index contributed by atoms with van der Waals surface area (Å²) in [7, 11) is 3.06. The van der Waals surface area contributed by atoms with Gasteiger partial charge in [0.2, 0.25) is 5.91 Å². The Labute approximate surface area is 176 Å². The van der Waals surface area contributed by atoms with E-state index in [2.05, 4.69) is 10.6 Å². The van der Waals surface area contributed by atoms with Crippen molar-refractivity contribution in [3.8, 4) is 11.5 Å². The topological polar surface area (TPSA) is 76.7 Å². The van der Waals surface area contributed by atoms with Gasteiger partial charge in [0, 0.05) is 18.2 Å². The number of benzene rings is 3. The van der Waals surface area contributed by atoms with E-state index in [1.54, 1.807) is 25.3 Å². The molecule has 6 heteroatoms. The Kier molecular flexibility index (Phi) is 6.91. The average Bonchev–Trinajstić information content (AvgIpc) is 2.77. The normalized spacial score (nSPS) is 10.5. The first-order valence-corrected chi connectivity index (χ1v) is 9.91. The number of methoxy groups -OCH3 is 2. The molecule has 0 saturated carbocycles. The van der Waals surface area contributed by atoms with Gasteiger partial charge in [-0.3, -0.25) is 9.59 Å². The summed E-state index contributed by atoms with van der Waals surface area (Å²) in [6, 6.07) is 16.6. The predicted octanol–water partition coefficient (Wildman–Crippen LogP) is 5.24. The van der Waals surface area contributed by atoms with Crippen molar-refractivity contribution < 1.29 is 19.1 Å². The van der Waals surface area contributed by atoms with Gasteiger partial charge in [-0.05, 0) is 41.5 Å². The van der Waals surface area contributed by atoms with Crippen LogP contribution in [0, 0.1) is 0 Å². The molecule has 0 aliphatic carbocycles. The van der Waals surface area contributed by atoms with E-state index in [0.717, 1.165) is 23.6 Å². The largest absolute Gasteiger partial charge is 0.496 e. The Morgan fingerprint density at radius 1 is 0.867 bits per heavy atom. The van der Waals surface area contributed by atoms with Crippen LogP contribution in [0.2, 0.25) is 0 Å². The number of anilines is 2. The number of rotatable bonds is 8. The zero-order valence-electron chi connectivity index (χ0n) is 17.5. The van der Waals surface area contributed by atoms with Crippen LogP contribution < -0.4 is 20.1 Å². The van der Waals surface area contributed by atoms with Crippen molar-refractivity contribution in [3.63, 3.8) is 0 Å². The highest BCUT2D eigenvalue weighted by Crippen LogP contribution is 2.30. The smallest absolute Gasteiger partial charge is 0.259 e. The molecule has 2 N–H and O–H groups in total. The quantitative estimate of drug-likeness (QED) is 0.536. The third-order valence-electron chi connectivity index (χ3n) is 4.80. The summed E-state index contributed by atoms with van der Waals surface area (Å²) >= 11 is 0. The molecule has 3 rings (SSSR count). The number of fused-ring (bicyclic) bond motifs is 1. The summed E-state index contributed by atoms with van der Waals surface area (Å²) < 4.78 is 10.8. The lowest BCUT2D eigenvalue weighted by atomic mass is 10.1. The maximum atomic E-state index is 12.9. The molecule has 0 bridgehead atoms. The first kappa shape index (κ1) is 21.2. The monoisotopic (exact) mass is 406 g/mol. The first-order chi connectivity index (χ1) is 14.5. The molecular formula is C24H26N2O4. The van der Waals surface area contributed by atoms with Crippen LogP contribution in [-0.4, -0.2) is 26.0 Å². The van der Waals surface area contributed by atoms with Gasteiger partial charge in [-0.2, -0.15) is 0 Å². The molecule has 0 saturated heterocycles. The second-order valence-corrected chi connectivity index (χ2v) is 6.92. The van der Waals surface area contributed by atoms with Crippen LogP contribution >= 0.6 is 0 Å². The number of carbonyl (C=O) groups is 2. The number of carbonyl (C=O) groups excluding carboxylic acids is 2. The van der Waals surface area contributed by atoms with Crippen LogP contribution in [0.15, 0.2) is 54.6 Å². The Balaban J connectivity index is 1.81. The Bertz CT molecular complexity index is 1060. The molecule has 0 spiro atoms. The minimum atomic E-state index is -0.292. The van der Waals surface area contributed by atoms with E-state index >= 15 is 0 Å². The first-order valence-electron chi connectivity index (χ1n) is 9.91. The highest BCUT2D eigenvalue weighted by molar-refractivity contribution is 6.09. The van der Waals surface area contributed by atoms with E-state index < -0.39 is 0 Å². The zero-order chi connectivity index (χ0) is 21.5. The third-order valence-corrected chi connectivity index (χ3v) is 4.80. The fourth-order valence-corrected chi connectivity index (χ4v) is 3.19. The van der Waals surface area contributed by atoms with Gasteiger partial charge in [-0.15, -0.1) is 0 Å². The summed E-state index contributed by atoms with van der Waals surface area (Å²) in [6.45, 7) is 2.04. The van der Waals surface area contributed by atoms with Crippen molar-refractivity contribution in [3.05, 3.63) is 60.2 Å². The van der Waals surface area contributed by atoms with E-state index in [0.29, 0.717) is 34.9 Å². The highest BCUT2D eigenvalue weighted by Gasteiger charge is 2.15. The van der Waals surface area contributed by atoms with E-state index in [1.807, 2.05) is 43.3 Å². The Morgan fingerprint density at radius 2 is 1.57 bits per heavy atom.